The topological polar surface area (TPSA) is 41.0 Å². The first kappa shape index (κ1) is 12.6. The maximum absolute atomic E-state index is 12.3. The fourth-order valence-electron chi connectivity index (χ4n) is 1.31. The first-order chi connectivity index (χ1) is 7.97. The SMILES string of the molecule is CN(CCNC1CC1)c1nc(C(F)(F)F)ns1. The molecule has 1 N–H and O–H groups in total. The Balaban J connectivity index is 1.85. The summed E-state index contributed by atoms with van der Waals surface area (Å²) >= 11 is 0.776. The van der Waals surface area contributed by atoms with Crippen molar-refractivity contribution >= 4 is 16.7 Å². The van der Waals surface area contributed by atoms with Crippen LogP contribution in [0.25, 0.3) is 0 Å². The zero-order valence-electron chi connectivity index (χ0n) is 9.29. The molecule has 0 amide bonds. The van der Waals surface area contributed by atoms with E-state index in [0.717, 1.165) is 18.1 Å². The third-order valence-electron chi connectivity index (χ3n) is 2.45. The largest absolute Gasteiger partial charge is 0.452 e. The number of nitrogens with zero attached hydrogens (tertiary/aromatic N) is 3. The van der Waals surface area contributed by atoms with Crippen LogP contribution in [0, 0.1) is 0 Å². The highest BCUT2D eigenvalue weighted by atomic mass is 32.1. The highest BCUT2D eigenvalue weighted by Gasteiger charge is 2.36. The lowest BCUT2D eigenvalue weighted by Gasteiger charge is -2.15. The fourth-order valence-corrected chi connectivity index (χ4v) is 1.98. The first-order valence-corrected chi connectivity index (χ1v) is 6.09. The van der Waals surface area contributed by atoms with Crippen molar-refractivity contribution in [2.45, 2.75) is 25.1 Å². The van der Waals surface area contributed by atoms with E-state index in [-0.39, 0.29) is 0 Å². The number of rotatable bonds is 5. The molecule has 0 atom stereocenters. The predicted molar refractivity (Wildman–Crippen MR) is 59.2 cm³/mol. The van der Waals surface area contributed by atoms with Gasteiger partial charge >= 0.3 is 6.18 Å². The molecule has 1 aliphatic carbocycles. The summed E-state index contributed by atoms with van der Waals surface area (Å²) in [7, 11) is 1.72. The zero-order valence-corrected chi connectivity index (χ0v) is 10.1. The molecule has 1 heterocycles. The minimum absolute atomic E-state index is 0.301. The van der Waals surface area contributed by atoms with Gasteiger partial charge in [-0.25, -0.2) is 0 Å². The van der Waals surface area contributed by atoms with Gasteiger partial charge in [-0.2, -0.15) is 22.5 Å². The summed E-state index contributed by atoms with van der Waals surface area (Å²) < 4.78 is 40.2. The molecule has 2 rings (SSSR count). The molecule has 1 aromatic rings. The maximum atomic E-state index is 12.3. The van der Waals surface area contributed by atoms with Crippen molar-refractivity contribution in [2.24, 2.45) is 0 Å². The average Bonchev–Trinajstić information content (AvgIpc) is 2.91. The second-order valence-corrected chi connectivity index (χ2v) is 4.78. The van der Waals surface area contributed by atoms with Gasteiger partial charge in [0, 0.05) is 37.7 Å². The summed E-state index contributed by atoms with van der Waals surface area (Å²) in [6.45, 7) is 1.38. The summed E-state index contributed by atoms with van der Waals surface area (Å²) in [6.07, 6.45) is -2.07. The van der Waals surface area contributed by atoms with E-state index in [2.05, 4.69) is 14.7 Å². The third kappa shape index (κ3) is 3.53. The molecule has 1 saturated carbocycles. The Bertz CT molecular complexity index is 375. The number of hydrogen-bond donors (Lipinski definition) is 1. The fraction of sp³-hybridized carbons (Fsp3) is 0.778. The molecule has 1 aliphatic rings. The molecule has 0 saturated heterocycles. The van der Waals surface area contributed by atoms with Crippen molar-refractivity contribution in [1.82, 2.24) is 14.7 Å². The standard InChI is InChI=1S/C9H13F3N4S/c1-16(5-4-13-6-2-3-6)8-14-7(15-17-8)9(10,11)12/h6,13H,2-5H2,1H3. The number of likely N-dealkylation sites (N-methyl/N-ethyl adjacent to an activating group) is 1. The highest BCUT2D eigenvalue weighted by Crippen LogP contribution is 2.29. The Morgan fingerprint density at radius 2 is 2.18 bits per heavy atom. The van der Waals surface area contributed by atoms with E-state index in [9.17, 15) is 13.2 Å². The van der Waals surface area contributed by atoms with Gasteiger partial charge in [0.2, 0.25) is 11.0 Å². The van der Waals surface area contributed by atoms with E-state index in [1.165, 1.54) is 12.8 Å². The molecular formula is C9H13F3N4S. The molecule has 0 spiro atoms. The molecule has 96 valence electrons. The summed E-state index contributed by atoms with van der Waals surface area (Å²) in [6, 6.07) is 0.601. The molecule has 8 heteroatoms. The lowest BCUT2D eigenvalue weighted by atomic mass is 10.5. The van der Waals surface area contributed by atoms with Crippen LogP contribution < -0.4 is 10.2 Å². The van der Waals surface area contributed by atoms with Crippen molar-refractivity contribution in [2.75, 3.05) is 25.0 Å². The van der Waals surface area contributed by atoms with Crippen molar-refractivity contribution < 1.29 is 13.2 Å². The van der Waals surface area contributed by atoms with E-state index in [1.54, 1.807) is 11.9 Å². The van der Waals surface area contributed by atoms with E-state index >= 15 is 0 Å². The molecule has 0 radical (unpaired) electrons. The molecule has 0 bridgehead atoms. The first-order valence-electron chi connectivity index (χ1n) is 5.32. The molecule has 1 fully saturated rings. The lowest BCUT2D eigenvalue weighted by Crippen LogP contribution is -2.30. The van der Waals surface area contributed by atoms with Crippen LogP contribution in [-0.2, 0) is 6.18 Å². The van der Waals surface area contributed by atoms with Crippen LogP contribution >= 0.6 is 11.5 Å². The van der Waals surface area contributed by atoms with Gasteiger partial charge in [0.25, 0.3) is 0 Å². The van der Waals surface area contributed by atoms with E-state index in [0.29, 0.717) is 17.7 Å². The number of hydrogen-bond acceptors (Lipinski definition) is 5. The van der Waals surface area contributed by atoms with E-state index in [1.807, 2.05) is 0 Å². The van der Waals surface area contributed by atoms with Crippen LogP contribution in [0.4, 0.5) is 18.3 Å². The molecule has 0 aliphatic heterocycles. The minimum Gasteiger partial charge on any atom is -0.349 e. The van der Waals surface area contributed by atoms with E-state index in [4.69, 9.17) is 0 Å². The van der Waals surface area contributed by atoms with Gasteiger partial charge in [0.15, 0.2) is 0 Å². The lowest BCUT2D eigenvalue weighted by molar-refractivity contribution is -0.144. The monoisotopic (exact) mass is 266 g/mol. The van der Waals surface area contributed by atoms with Crippen LogP contribution in [0.1, 0.15) is 18.7 Å². The molecule has 0 unspecified atom stereocenters. The van der Waals surface area contributed by atoms with Crippen LogP contribution in [0.15, 0.2) is 0 Å². The molecular weight excluding hydrogens is 253 g/mol. The number of alkyl halides is 3. The Morgan fingerprint density at radius 1 is 1.47 bits per heavy atom. The van der Waals surface area contributed by atoms with Gasteiger partial charge in [-0.1, -0.05) is 0 Å². The quantitative estimate of drug-likeness (QED) is 0.881. The third-order valence-corrected chi connectivity index (χ3v) is 3.28. The van der Waals surface area contributed by atoms with E-state index < -0.39 is 12.0 Å². The van der Waals surface area contributed by atoms with Crippen LogP contribution in [-0.4, -0.2) is 35.5 Å². The van der Waals surface area contributed by atoms with Crippen LogP contribution in [0.2, 0.25) is 0 Å². The van der Waals surface area contributed by atoms with Crippen molar-refractivity contribution in [3.63, 3.8) is 0 Å². The summed E-state index contributed by atoms with van der Waals surface area (Å²) in [5.41, 5.74) is 0. The number of nitrogens with one attached hydrogen (secondary N) is 1. The Hall–Kier alpha value is -0.890. The number of anilines is 1. The van der Waals surface area contributed by atoms with Crippen LogP contribution in [0.5, 0.6) is 0 Å². The predicted octanol–water partition coefficient (Wildman–Crippen LogP) is 1.75. The molecule has 0 aromatic carbocycles. The Morgan fingerprint density at radius 3 is 2.71 bits per heavy atom. The highest BCUT2D eigenvalue weighted by molar-refractivity contribution is 7.09. The molecule has 1 aromatic heterocycles. The second kappa shape index (κ2) is 4.77. The van der Waals surface area contributed by atoms with Crippen molar-refractivity contribution in [3.8, 4) is 0 Å². The summed E-state index contributed by atoms with van der Waals surface area (Å²) in [4.78, 5) is 5.16. The average molecular weight is 266 g/mol. The maximum Gasteiger partial charge on any atom is 0.452 e. The van der Waals surface area contributed by atoms with Gasteiger partial charge in [-0.3, -0.25) is 0 Å². The smallest absolute Gasteiger partial charge is 0.349 e. The zero-order chi connectivity index (χ0) is 12.5. The number of aromatic nitrogens is 2. The van der Waals surface area contributed by atoms with Gasteiger partial charge < -0.3 is 10.2 Å². The molecule has 4 nitrogen and oxygen atoms in total. The number of halogens is 3. The Labute approximate surface area is 101 Å². The van der Waals surface area contributed by atoms with Crippen LogP contribution in [0.3, 0.4) is 0 Å². The van der Waals surface area contributed by atoms with Gasteiger partial charge in [0.05, 0.1) is 0 Å². The summed E-state index contributed by atoms with van der Waals surface area (Å²) in [5.74, 6) is -1.06. The van der Waals surface area contributed by atoms with Gasteiger partial charge in [0.1, 0.15) is 0 Å². The minimum atomic E-state index is -4.46. The normalized spacial score (nSPS) is 16.2. The van der Waals surface area contributed by atoms with Gasteiger partial charge in [-0.05, 0) is 12.8 Å². The van der Waals surface area contributed by atoms with Gasteiger partial charge in [-0.15, -0.1) is 0 Å². The second-order valence-electron chi connectivity index (χ2n) is 4.05. The Kier molecular flexibility index (Phi) is 3.53. The summed E-state index contributed by atoms with van der Waals surface area (Å²) in [5, 5.41) is 3.59. The van der Waals surface area contributed by atoms with Crippen molar-refractivity contribution in [3.05, 3.63) is 5.82 Å². The molecule has 17 heavy (non-hydrogen) atoms. The van der Waals surface area contributed by atoms with Crippen molar-refractivity contribution in [1.29, 1.82) is 0 Å².